The Morgan fingerprint density at radius 1 is 1.07 bits per heavy atom. The standard InChI is InChI=1S/C21H19ClN2O5/c22-14-8-6-13(7-9-14)17-15-16(19(26)23-18(15)25)21(24-17,20(27)28)11-29-10-12-4-2-1-3-5-12/h1-9,15-17,24H,10-11H2,(H,27,28)(H,23,25,26). The summed E-state index contributed by atoms with van der Waals surface area (Å²) in [5.74, 6) is -4.25. The molecule has 0 aromatic heterocycles. The van der Waals surface area contributed by atoms with Gasteiger partial charge in [-0.2, -0.15) is 0 Å². The van der Waals surface area contributed by atoms with E-state index in [4.69, 9.17) is 16.3 Å². The lowest BCUT2D eigenvalue weighted by molar-refractivity contribution is -0.152. The number of carboxylic acids is 1. The Balaban J connectivity index is 1.65. The number of benzene rings is 2. The second kappa shape index (κ2) is 7.59. The number of aliphatic carboxylic acids is 1. The number of fused-ring (bicyclic) bond motifs is 1. The maximum atomic E-state index is 12.5. The fourth-order valence-corrected chi connectivity index (χ4v) is 4.31. The molecule has 2 fully saturated rings. The molecule has 0 spiro atoms. The van der Waals surface area contributed by atoms with E-state index < -0.39 is 41.2 Å². The van der Waals surface area contributed by atoms with Crippen molar-refractivity contribution in [2.45, 2.75) is 18.2 Å². The Bertz CT molecular complexity index is 949. The molecule has 0 bridgehead atoms. The highest BCUT2D eigenvalue weighted by Crippen LogP contribution is 2.46. The Morgan fingerprint density at radius 2 is 1.76 bits per heavy atom. The summed E-state index contributed by atoms with van der Waals surface area (Å²) in [5.41, 5.74) is -0.163. The minimum absolute atomic E-state index is 0.191. The van der Waals surface area contributed by atoms with Crippen LogP contribution in [0.5, 0.6) is 0 Å². The molecule has 2 saturated heterocycles. The third-order valence-electron chi connectivity index (χ3n) is 5.55. The van der Waals surface area contributed by atoms with Crippen molar-refractivity contribution in [2.24, 2.45) is 11.8 Å². The largest absolute Gasteiger partial charge is 0.480 e. The first-order chi connectivity index (χ1) is 13.9. The zero-order valence-electron chi connectivity index (χ0n) is 15.3. The Labute approximate surface area is 172 Å². The second-order valence-corrected chi connectivity index (χ2v) is 7.72. The topological polar surface area (TPSA) is 105 Å². The van der Waals surface area contributed by atoms with E-state index in [-0.39, 0.29) is 13.2 Å². The average Bonchev–Trinajstić information content (AvgIpc) is 3.20. The molecule has 4 unspecified atom stereocenters. The normalized spacial score (nSPS) is 28.2. The van der Waals surface area contributed by atoms with Crippen LogP contribution < -0.4 is 10.6 Å². The number of rotatable bonds is 6. The molecule has 7 nitrogen and oxygen atoms in total. The summed E-state index contributed by atoms with van der Waals surface area (Å²) < 4.78 is 5.71. The number of carboxylic acid groups (broad SMARTS) is 1. The van der Waals surface area contributed by atoms with Crippen molar-refractivity contribution >= 4 is 29.4 Å². The van der Waals surface area contributed by atoms with E-state index in [0.717, 1.165) is 5.56 Å². The van der Waals surface area contributed by atoms with Gasteiger partial charge < -0.3 is 9.84 Å². The number of hydrogen-bond acceptors (Lipinski definition) is 5. The third-order valence-corrected chi connectivity index (χ3v) is 5.80. The first-order valence-corrected chi connectivity index (χ1v) is 9.53. The van der Waals surface area contributed by atoms with Gasteiger partial charge >= 0.3 is 5.97 Å². The van der Waals surface area contributed by atoms with Gasteiger partial charge in [0.2, 0.25) is 11.8 Å². The summed E-state index contributed by atoms with van der Waals surface area (Å²) in [5, 5.41) is 15.9. The van der Waals surface area contributed by atoms with Gasteiger partial charge in [0, 0.05) is 11.1 Å². The quantitative estimate of drug-likeness (QED) is 0.624. The molecular weight excluding hydrogens is 396 g/mol. The molecule has 8 heteroatoms. The minimum Gasteiger partial charge on any atom is -0.480 e. The van der Waals surface area contributed by atoms with Crippen molar-refractivity contribution in [1.29, 1.82) is 0 Å². The van der Waals surface area contributed by atoms with Crippen molar-refractivity contribution in [3.05, 3.63) is 70.7 Å². The number of nitrogens with one attached hydrogen (secondary N) is 2. The first-order valence-electron chi connectivity index (χ1n) is 9.15. The van der Waals surface area contributed by atoms with E-state index in [0.29, 0.717) is 10.6 Å². The van der Waals surface area contributed by atoms with Crippen molar-refractivity contribution < 1.29 is 24.2 Å². The Hall–Kier alpha value is -2.74. The number of hydrogen-bond donors (Lipinski definition) is 3. The van der Waals surface area contributed by atoms with Crippen LogP contribution in [-0.4, -0.2) is 35.0 Å². The molecule has 0 saturated carbocycles. The summed E-state index contributed by atoms with van der Waals surface area (Å²) in [4.78, 5) is 37.4. The first kappa shape index (κ1) is 19.6. The van der Waals surface area contributed by atoms with Gasteiger partial charge in [0.05, 0.1) is 25.0 Å². The highest BCUT2D eigenvalue weighted by Gasteiger charge is 2.66. The number of carbonyl (C=O) groups is 3. The van der Waals surface area contributed by atoms with Gasteiger partial charge in [0.25, 0.3) is 0 Å². The van der Waals surface area contributed by atoms with Crippen LogP contribution >= 0.6 is 11.6 Å². The predicted molar refractivity (Wildman–Crippen MR) is 104 cm³/mol. The SMILES string of the molecule is O=C1NC(=O)C2C1C(c1ccc(Cl)cc1)NC2(COCc1ccccc1)C(=O)O. The summed E-state index contributed by atoms with van der Waals surface area (Å²) >= 11 is 5.95. The smallest absolute Gasteiger partial charge is 0.327 e. The number of carbonyl (C=O) groups excluding carboxylic acids is 2. The van der Waals surface area contributed by atoms with Crippen LogP contribution in [0.15, 0.2) is 54.6 Å². The number of ether oxygens (including phenoxy) is 1. The highest BCUT2D eigenvalue weighted by atomic mass is 35.5. The fourth-order valence-electron chi connectivity index (χ4n) is 4.18. The number of halogens is 1. The van der Waals surface area contributed by atoms with Gasteiger partial charge in [0.15, 0.2) is 5.54 Å². The van der Waals surface area contributed by atoms with Crippen LogP contribution in [0.4, 0.5) is 0 Å². The number of imide groups is 1. The molecule has 29 heavy (non-hydrogen) atoms. The van der Waals surface area contributed by atoms with Crippen molar-refractivity contribution in [1.82, 2.24) is 10.6 Å². The van der Waals surface area contributed by atoms with Crippen molar-refractivity contribution in [3.8, 4) is 0 Å². The van der Waals surface area contributed by atoms with Gasteiger partial charge in [-0.15, -0.1) is 0 Å². The maximum Gasteiger partial charge on any atom is 0.327 e. The fraction of sp³-hybridized carbons (Fsp3) is 0.286. The van der Waals surface area contributed by atoms with Crippen LogP contribution in [0, 0.1) is 11.8 Å². The molecule has 0 aliphatic carbocycles. The van der Waals surface area contributed by atoms with Crippen LogP contribution in [0.25, 0.3) is 0 Å². The zero-order valence-corrected chi connectivity index (χ0v) is 16.1. The summed E-state index contributed by atoms with van der Waals surface area (Å²) in [6, 6.07) is 15.4. The van der Waals surface area contributed by atoms with E-state index in [1.165, 1.54) is 0 Å². The van der Waals surface area contributed by atoms with Gasteiger partial charge in [0.1, 0.15) is 0 Å². The molecule has 2 aliphatic heterocycles. The molecule has 2 aliphatic rings. The van der Waals surface area contributed by atoms with E-state index in [1.807, 2.05) is 30.3 Å². The van der Waals surface area contributed by atoms with E-state index in [1.54, 1.807) is 24.3 Å². The van der Waals surface area contributed by atoms with E-state index in [2.05, 4.69) is 10.6 Å². The van der Waals surface area contributed by atoms with Crippen LogP contribution in [0.2, 0.25) is 5.02 Å². The molecule has 150 valence electrons. The van der Waals surface area contributed by atoms with Gasteiger partial charge in [-0.25, -0.2) is 0 Å². The summed E-state index contributed by atoms with van der Waals surface area (Å²) in [6.45, 7) is -0.0701. The predicted octanol–water partition coefficient (Wildman–Crippen LogP) is 1.91. The molecular formula is C21H19ClN2O5. The molecule has 0 radical (unpaired) electrons. The van der Waals surface area contributed by atoms with E-state index >= 15 is 0 Å². The van der Waals surface area contributed by atoms with Gasteiger partial charge in [-0.3, -0.25) is 25.0 Å². The molecule has 3 N–H and O–H groups in total. The zero-order chi connectivity index (χ0) is 20.6. The highest BCUT2D eigenvalue weighted by molar-refractivity contribution is 6.30. The maximum absolute atomic E-state index is 12.5. The average molecular weight is 415 g/mol. The van der Waals surface area contributed by atoms with Crippen LogP contribution in [-0.2, 0) is 25.7 Å². The lowest BCUT2D eigenvalue weighted by atomic mass is 9.79. The second-order valence-electron chi connectivity index (χ2n) is 7.29. The summed E-state index contributed by atoms with van der Waals surface area (Å²) in [7, 11) is 0. The van der Waals surface area contributed by atoms with Gasteiger partial charge in [-0.1, -0.05) is 54.1 Å². The lowest BCUT2D eigenvalue weighted by Gasteiger charge is -2.29. The van der Waals surface area contributed by atoms with E-state index in [9.17, 15) is 19.5 Å². The number of amides is 2. The molecule has 2 aromatic rings. The molecule has 2 aromatic carbocycles. The minimum atomic E-state index is -1.72. The van der Waals surface area contributed by atoms with Crippen LogP contribution in [0.3, 0.4) is 0 Å². The molecule has 4 rings (SSSR count). The Kier molecular flexibility index (Phi) is 5.12. The van der Waals surface area contributed by atoms with Crippen molar-refractivity contribution in [3.63, 3.8) is 0 Å². The Morgan fingerprint density at radius 3 is 2.41 bits per heavy atom. The monoisotopic (exact) mass is 414 g/mol. The lowest BCUT2D eigenvalue weighted by Crippen LogP contribution is -2.58. The van der Waals surface area contributed by atoms with Gasteiger partial charge in [-0.05, 0) is 23.3 Å². The molecule has 4 atom stereocenters. The third kappa shape index (κ3) is 3.42. The molecule has 2 amide bonds. The summed E-state index contributed by atoms with van der Waals surface area (Å²) in [6.07, 6.45) is 0. The van der Waals surface area contributed by atoms with Crippen molar-refractivity contribution in [2.75, 3.05) is 6.61 Å². The van der Waals surface area contributed by atoms with Crippen LogP contribution in [0.1, 0.15) is 17.2 Å². The molecule has 2 heterocycles.